The Morgan fingerprint density at radius 2 is 2.07 bits per heavy atom. The van der Waals surface area contributed by atoms with Crippen LogP contribution in [0.5, 0.6) is 0 Å². The minimum absolute atomic E-state index is 0.335. The second-order valence-electron chi connectivity index (χ2n) is 2.97. The van der Waals surface area contributed by atoms with E-state index < -0.39 is 12.1 Å². The largest absolute Gasteiger partial charge is 0.451 e. The summed E-state index contributed by atoms with van der Waals surface area (Å²) in [5.41, 5.74) is 0.438. The molecule has 3 nitrogen and oxygen atoms in total. The van der Waals surface area contributed by atoms with Crippen LogP contribution in [0, 0.1) is 0 Å². The van der Waals surface area contributed by atoms with E-state index in [1.165, 1.54) is 6.08 Å². The van der Waals surface area contributed by atoms with Crippen LogP contribution in [0.25, 0.3) is 0 Å². The third kappa shape index (κ3) is 3.38. The Kier molecular flexibility index (Phi) is 4.29. The van der Waals surface area contributed by atoms with E-state index in [0.717, 1.165) is 0 Å². The zero-order valence-corrected chi connectivity index (χ0v) is 8.26. The van der Waals surface area contributed by atoms with Crippen molar-refractivity contribution in [1.82, 2.24) is 0 Å². The maximum atomic E-state index is 11.5. The van der Waals surface area contributed by atoms with Gasteiger partial charge >= 0.3 is 5.97 Å². The summed E-state index contributed by atoms with van der Waals surface area (Å²) in [6, 6.07) is 8.55. The molecular formula is C12H12O3. The molecule has 0 saturated carbocycles. The summed E-state index contributed by atoms with van der Waals surface area (Å²) < 4.78 is 4.95. The van der Waals surface area contributed by atoms with Gasteiger partial charge in [-0.3, -0.25) is 4.79 Å². The second kappa shape index (κ2) is 5.75. The normalized spacial score (nSPS) is 11.5. The Morgan fingerprint density at radius 1 is 1.40 bits per heavy atom. The summed E-state index contributed by atoms with van der Waals surface area (Å²) >= 11 is 0. The number of esters is 1. The van der Waals surface area contributed by atoms with Crippen molar-refractivity contribution >= 4 is 12.3 Å². The monoisotopic (exact) mass is 204 g/mol. The van der Waals surface area contributed by atoms with Crippen molar-refractivity contribution in [2.75, 3.05) is 0 Å². The van der Waals surface area contributed by atoms with Crippen LogP contribution < -0.4 is 0 Å². The predicted molar refractivity (Wildman–Crippen MR) is 56.5 cm³/mol. The van der Waals surface area contributed by atoms with Crippen molar-refractivity contribution in [3.05, 3.63) is 48.6 Å². The first-order valence-electron chi connectivity index (χ1n) is 4.60. The Morgan fingerprint density at radius 3 is 2.60 bits per heavy atom. The number of carbonyl (C=O) groups excluding carboxylic acids is 2. The molecule has 0 aliphatic heterocycles. The van der Waals surface area contributed by atoms with Gasteiger partial charge in [0.1, 0.15) is 0 Å². The third-order valence-electron chi connectivity index (χ3n) is 1.82. The zero-order chi connectivity index (χ0) is 11.1. The lowest BCUT2D eigenvalue weighted by Crippen LogP contribution is -2.18. The van der Waals surface area contributed by atoms with Gasteiger partial charge in [0, 0.05) is 6.42 Å². The van der Waals surface area contributed by atoms with Gasteiger partial charge in [0.2, 0.25) is 0 Å². The zero-order valence-electron chi connectivity index (χ0n) is 8.26. The molecule has 78 valence electrons. The van der Waals surface area contributed by atoms with Gasteiger partial charge in [0.25, 0.3) is 0 Å². The lowest BCUT2D eigenvalue weighted by atomic mass is 10.2. The van der Waals surface area contributed by atoms with Gasteiger partial charge in [-0.25, -0.2) is 4.79 Å². The number of hydrogen-bond donors (Lipinski definition) is 0. The molecule has 0 unspecified atom stereocenters. The topological polar surface area (TPSA) is 43.4 Å². The average molecular weight is 204 g/mol. The summed E-state index contributed by atoms with van der Waals surface area (Å²) in [4.78, 5) is 22.0. The maximum Gasteiger partial charge on any atom is 0.338 e. The molecule has 1 aromatic carbocycles. The van der Waals surface area contributed by atoms with Crippen LogP contribution in [0.2, 0.25) is 0 Å². The SMILES string of the molecule is C=CC[C@@H](C=O)OC(=O)c1ccccc1. The Hall–Kier alpha value is -1.90. The number of benzene rings is 1. The fourth-order valence-corrected chi connectivity index (χ4v) is 1.08. The number of ether oxygens (including phenoxy) is 1. The van der Waals surface area contributed by atoms with Crippen molar-refractivity contribution in [2.24, 2.45) is 0 Å². The molecule has 0 radical (unpaired) electrons. The minimum Gasteiger partial charge on any atom is -0.451 e. The van der Waals surface area contributed by atoms with E-state index in [4.69, 9.17) is 4.74 Å². The van der Waals surface area contributed by atoms with Crippen LogP contribution in [-0.4, -0.2) is 18.4 Å². The Balaban J connectivity index is 2.62. The smallest absolute Gasteiger partial charge is 0.338 e. The lowest BCUT2D eigenvalue weighted by Gasteiger charge is -2.09. The number of aldehydes is 1. The standard InChI is InChI=1S/C12H12O3/c1-2-6-11(9-13)15-12(14)10-7-4-3-5-8-10/h2-5,7-9,11H,1,6H2/t11-/m0/s1. The molecule has 0 saturated heterocycles. The first-order valence-corrected chi connectivity index (χ1v) is 4.60. The van der Waals surface area contributed by atoms with Crippen LogP contribution in [-0.2, 0) is 9.53 Å². The summed E-state index contributed by atoms with van der Waals surface area (Å²) in [6.07, 6.45) is 1.73. The molecule has 0 aliphatic carbocycles. The van der Waals surface area contributed by atoms with Crippen molar-refractivity contribution in [3.8, 4) is 0 Å². The molecule has 0 aliphatic rings. The van der Waals surface area contributed by atoms with E-state index in [0.29, 0.717) is 18.3 Å². The molecule has 0 amide bonds. The molecule has 1 rings (SSSR count). The molecule has 1 atom stereocenters. The van der Waals surface area contributed by atoms with Gasteiger partial charge in [-0.1, -0.05) is 24.3 Å². The van der Waals surface area contributed by atoms with Crippen molar-refractivity contribution in [3.63, 3.8) is 0 Å². The van der Waals surface area contributed by atoms with Gasteiger partial charge in [-0.05, 0) is 12.1 Å². The van der Waals surface area contributed by atoms with E-state index in [2.05, 4.69) is 6.58 Å². The molecule has 0 heterocycles. The van der Waals surface area contributed by atoms with Gasteiger partial charge in [-0.15, -0.1) is 6.58 Å². The highest BCUT2D eigenvalue weighted by Gasteiger charge is 2.13. The van der Waals surface area contributed by atoms with E-state index in [-0.39, 0.29) is 0 Å². The van der Waals surface area contributed by atoms with Gasteiger partial charge in [0.15, 0.2) is 12.4 Å². The predicted octanol–water partition coefficient (Wildman–Crippen LogP) is 1.99. The van der Waals surface area contributed by atoms with Crippen LogP contribution in [0.4, 0.5) is 0 Å². The molecule has 0 bridgehead atoms. The highest BCUT2D eigenvalue weighted by atomic mass is 16.5. The summed E-state index contributed by atoms with van der Waals surface area (Å²) in [7, 11) is 0. The van der Waals surface area contributed by atoms with Crippen LogP contribution >= 0.6 is 0 Å². The third-order valence-corrected chi connectivity index (χ3v) is 1.82. The average Bonchev–Trinajstić information content (AvgIpc) is 2.29. The second-order valence-corrected chi connectivity index (χ2v) is 2.97. The summed E-state index contributed by atoms with van der Waals surface area (Å²) in [5.74, 6) is -0.491. The fourth-order valence-electron chi connectivity index (χ4n) is 1.08. The van der Waals surface area contributed by atoms with E-state index in [1.54, 1.807) is 30.3 Å². The molecule has 1 aromatic rings. The number of carbonyl (C=O) groups is 2. The van der Waals surface area contributed by atoms with Crippen LogP contribution in [0.3, 0.4) is 0 Å². The molecular weight excluding hydrogens is 192 g/mol. The Labute approximate surface area is 88.4 Å². The maximum absolute atomic E-state index is 11.5. The van der Waals surface area contributed by atoms with Crippen molar-refractivity contribution < 1.29 is 14.3 Å². The first kappa shape index (κ1) is 11.2. The highest BCUT2D eigenvalue weighted by molar-refractivity contribution is 5.90. The fraction of sp³-hybridized carbons (Fsp3) is 0.167. The summed E-state index contributed by atoms with van der Waals surface area (Å²) in [5, 5.41) is 0. The van der Waals surface area contributed by atoms with Gasteiger partial charge in [0.05, 0.1) is 5.56 Å². The molecule has 0 spiro atoms. The number of hydrogen-bond acceptors (Lipinski definition) is 3. The Bertz CT molecular complexity index is 343. The molecule has 0 N–H and O–H groups in total. The molecule has 15 heavy (non-hydrogen) atoms. The first-order chi connectivity index (χ1) is 7.27. The highest BCUT2D eigenvalue weighted by Crippen LogP contribution is 2.05. The minimum atomic E-state index is -0.741. The number of rotatable bonds is 5. The van der Waals surface area contributed by atoms with E-state index in [9.17, 15) is 9.59 Å². The van der Waals surface area contributed by atoms with Crippen molar-refractivity contribution in [2.45, 2.75) is 12.5 Å². The molecule has 0 fully saturated rings. The lowest BCUT2D eigenvalue weighted by molar-refractivity contribution is -0.115. The van der Waals surface area contributed by atoms with Crippen molar-refractivity contribution in [1.29, 1.82) is 0 Å². The quantitative estimate of drug-likeness (QED) is 0.418. The van der Waals surface area contributed by atoms with E-state index in [1.807, 2.05) is 0 Å². The van der Waals surface area contributed by atoms with E-state index >= 15 is 0 Å². The summed E-state index contributed by atoms with van der Waals surface area (Å²) in [6.45, 7) is 3.48. The van der Waals surface area contributed by atoms with Crippen LogP contribution in [0.15, 0.2) is 43.0 Å². The molecule has 0 aromatic heterocycles. The molecule has 3 heteroatoms. The van der Waals surface area contributed by atoms with Gasteiger partial charge in [-0.2, -0.15) is 0 Å². The van der Waals surface area contributed by atoms with Gasteiger partial charge < -0.3 is 4.74 Å². The van der Waals surface area contributed by atoms with Crippen LogP contribution in [0.1, 0.15) is 16.8 Å².